The van der Waals surface area contributed by atoms with Gasteiger partial charge in [-0.1, -0.05) is 23.2 Å². The lowest BCUT2D eigenvalue weighted by Crippen LogP contribution is -2.47. The molecule has 0 radical (unpaired) electrons. The third-order valence-corrected chi connectivity index (χ3v) is 4.55. The van der Waals surface area contributed by atoms with Crippen molar-refractivity contribution >= 4 is 35.0 Å². The maximum Gasteiger partial charge on any atom is 0.256 e. The average Bonchev–Trinajstić information content (AvgIpc) is 2.57. The Balaban J connectivity index is 2.00. The molecule has 1 saturated heterocycles. The Bertz CT molecular complexity index is 616. The number of amides is 2. The van der Waals surface area contributed by atoms with E-state index in [2.05, 4.69) is 5.32 Å². The van der Waals surface area contributed by atoms with E-state index >= 15 is 0 Å². The smallest absolute Gasteiger partial charge is 0.256 e. The number of hydrogen-bond acceptors (Lipinski definition) is 4. The molecule has 24 heavy (non-hydrogen) atoms. The minimum absolute atomic E-state index is 0.0381. The molecule has 2 amide bonds. The fourth-order valence-electron chi connectivity index (χ4n) is 2.69. The lowest BCUT2D eigenvalue weighted by molar-refractivity contribution is -0.136. The summed E-state index contributed by atoms with van der Waals surface area (Å²) in [4.78, 5) is 26.1. The van der Waals surface area contributed by atoms with E-state index in [1.807, 2.05) is 0 Å². The standard InChI is InChI=1S/C16H20Cl2N2O4/c1-23-9-13(21)20-7-5-10(6-8-20)19-16(22)14-11(17)3-4-12(18)15(14)24-2/h3-4,10H,5-9H2,1-2H3,(H,19,22). The predicted octanol–water partition coefficient (Wildman–Crippen LogP) is 2.37. The summed E-state index contributed by atoms with van der Waals surface area (Å²) in [7, 11) is 2.93. The van der Waals surface area contributed by atoms with Crippen LogP contribution in [0.25, 0.3) is 0 Å². The highest BCUT2D eigenvalue weighted by atomic mass is 35.5. The summed E-state index contributed by atoms with van der Waals surface area (Å²) in [5, 5.41) is 3.54. The van der Waals surface area contributed by atoms with E-state index in [9.17, 15) is 9.59 Å². The Labute approximate surface area is 151 Å². The van der Waals surface area contributed by atoms with E-state index in [-0.39, 0.29) is 40.8 Å². The summed E-state index contributed by atoms with van der Waals surface area (Å²) in [6.45, 7) is 1.23. The minimum Gasteiger partial charge on any atom is -0.494 e. The molecule has 8 heteroatoms. The van der Waals surface area contributed by atoms with Crippen LogP contribution in [0.4, 0.5) is 0 Å². The molecule has 1 N–H and O–H groups in total. The van der Waals surface area contributed by atoms with E-state index in [4.69, 9.17) is 32.7 Å². The number of nitrogens with zero attached hydrogens (tertiary/aromatic N) is 1. The summed E-state index contributed by atoms with van der Waals surface area (Å²) in [6.07, 6.45) is 1.34. The van der Waals surface area contributed by atoms with Crippen molar-refractivity contribution in [1.82, 2.24) is 10.2 Å². The van der Waals surface area contributed by atoms with Crippen molar-refractivity contribution in [1.29, 1.82) is 0 Å². The first kappa shape index (κ1) is 18.8. The second kappa shape index (κ2) is 8.55. The van der Waals surface area contributed by atoms with E-state index < -0.39 is 0 Å². The van der Waals surface area contributed by atoms with Crippen LogP contribution < -0.4 is 10.1 Å². The zero-order valence-electron chi connectivity index (χ0n) is 13.6. The summed E-state index contributed by atoms with van der Waals surface area (Å²) < 4.78 is 10.1. The van der Waals surface area contributed by atoms with Crippen LogP contribution in [-0.2, 0) is 9.53 Å². The molecule has 0 saturated carbocycles. The molecule has 6 nitrogen and oxygen atoms in total. The van der Waals surface area contributed by atoms with Crippen LogP contribution in [0.5, 0.6) is 5.75 Å². The Morgan fingerprint density at radius 1 is 1.21 bits per heavy atom. The van der Waals surface area contributed by atoms with Gasteiger partial charge in [0.15, 0.2) is 5.75 Å². The van der Waals surface area contributed by atoms with Crippen molar-refractivity contribution in [3.63, 3.8) is 0 Å². The molecule has 1 aliphatic rings. The van der Waals surface area contributed by atoms with Crippen LogP contribution in [0.3, 0.4) is 0 Å². The summed E-state index contributed by atoms with van der Waals surface area (Å²) >= 11 is 12.2. The van der Waals surface area contributed by atoms with E-state index in [1.54, 1.807) is 17.0 Å². The van der Waals surface area contributed by atoms with Crippen LogP contribution in [0, 0.1) is 0 Å². The monoisotopic (exact) mass is 374 g/mol. The molecule has 132 valence electrons. The van der Waals surface area contributed by atoms with Gasteiger partial charge in [-0.05, 0) is 25.0 Å². The first-order chi connectivity index (χ1) is 11.5. The fraction of sp³-hybridized carbons (Fsp3) is 0.500. The Kier molecular flexibility index (Phi) is 6.71. The molecule has 0 atom stereocenters. The van der Waals surface area contributed by atoms with Crippen LogP contribution in [0.1, 0.15) is 23.2 Å². The number of halogens is 2. The normalized spacial score (nSPS) is 15.2. The SMILES string of the molecule is COCC(=O)N1CCC(NC(=O)c2c(Cl)ccc(Cl)c2OC)CC1. The third kappa shape index (κ3) is 4.32. The maximum atomic E-state index is 12.5. The predicted molar refractivity (Wildman–Crippen MR) is 92.0 cm³/mol. The van der Waals surface area contributed by atoms with Gasteiger partial charge in [0.05, 0.1) is 17.2 Å². The van der Waals surface area contributed by atoms with Crippen LogP contribution in [0.15, 0.2) is 12.1 Å². The first-order valence-electron chi connectivity index (χ1n) is 7.57. The molecule has 1 aromatic rings. The van der Waals surface area contributed by atoms with Crippen LogP contribution in [0.2, 0.25) is 10.0 Å². The molecule has 0 bridgehead atoms. The number of methoxy groups -OCH3 is 2. The number of carbonyl (C=O) groups excluding carboxylic acids is 2. The number of carbonyl (C=O) groups is 2. The lowest BCUT2D eigenvalue weighted by Gasteiger charge is -2.32. The maximum absolute atomic E-state index is 12.5. The molecule has 0 aromatic heterocycles. The van der Waals surface area contributed by atoms with E-state index in [0.29, 0.717) is 31.0 Å². The number of benzene rings is 1. The average molecular weight is 375 g/mol. The van der Waals surface area contributed by atoms with Crippen LogP contribution in [-0.4, -0.2) is 56.7 Å². The Morgan fingerprint density at radius 3 is 2.42 bits per heavy atom. The highest BCUT2D eigenvalue weighted by molar-refractivity contribution is 6.37. The zero-order valence-corrected chi connectivity index (χ0v) is 15.1. The number of ether oxygens (including phenoxy) is 2. The minimum atomic E-state index is -0.332. The number of hydrogen-bond donors (Lipinski definition) is 1. The van der Waals surface area contributed by atoms with Gasteiger partial charge in [0.2, 0.25) is 5.91 Å². The van der Waals surface area contributed by atoms with E-state index in [0.717, 1.165) is 0 Å². The highest BCUT2D eigenvalue weighted by Crippen LogP contribution is 2.33. The lowest BCUT2D eigenvalue weighted by atomic mass is 10.0. The zero-order chi connectivity index (χ0) is 17.7. The Morgan fingerprint density at radius 2 is 1.83 bits per heavy atom. The second-order valence-corrected chi connectivity index (χ2v) is 6.31. The van der Waals surface area contributed by atoms with Gasteiger partial charge in [0.1, 0.15) is 12.2 Å². The molecule has 0 aliphatic carbocycles. The molecular weight excluding hydrogens is 355 g/mol. The molecule has 0 spiro atoms. The van der Waals surface area contributed by atoms with Crippen LogP contribution >= 0.6 is 23.2 Å². The number of rotatable bonds is 5. The topological polar surface area (TPSA) is 67.9 Å². The molecular formula is C16H20Cl2N2O4. The van der Waals surface area contributed by atoms with E-state index in [1.165, 1.54) is 14.2 Å². The largest absolute Gasteiger partial charge is 0.494 e. The molecule has 1 aromatic carbocycles. The van der Waals surface area contributed by atoms with Crippen molar-refractivity contribution in [2.24, 2.45) is 0 Å². The summed E-state index contributed by atoms with van der Waals surface area (Å²) in [5.41, 5.74) is 0.226. The van der Waals surface area contributed by atoms with Gasteiger partial charge >= 0.3 is 0 Å². The number of nitrogens with one attached hydrogen (secondary N) is 1. The number of piperidine rings is 1. The molecule has 1 aliphatic heterocycles. The number of likely N-dealkylation sites (tertiary alicyclic amines) is 1. The van der Waals surface area contributed by atoms with Crippen molar-refractivity contribution in [2.45, 2.75) is 18.9 Å². The van der Waals surface area contributed by atoms with Crippen molar-refractivity contribution in [3.8, 4) is 5.75 Å². The van der Waals surface area contributed by atoms with Gasteiger partial charge in [-0.25, -0.2) is 0 Å². The van der Waals surface area contributed by atoms with Gasteiger partial charge in [-0.2, -0.15) is 0 Å². The van der Waals surface area contributed by atoms with Gasteiger partial charge in [-0.15, -0.1) is 0 Å². The van der Waals surface area contributed by atoms with Gasteiger partial charge in [0, 0.05) is 26.2 Å². The van der Waals surface area contributed by atoms with Crippen molar-refractivity contribution in [2.75, 3.05) is 33.9 Å². The first-order valence-corrected chi connectivity index (χ1v) is 8.33. The van der Waals surface area contributed by atoms with Gasteiger partial charge in [0.25, 0.3) is 5.91 Å². The molecule has 1 heterocycles. The van der Waals surface area contributed by atoms with Gasteiger partial charge in [-0.3, -0.25) is 9.59 Å². The highest BCUT2D eigenvalue weighted by Gasteiger charge is 2.26. The molecule has 1 fully saturated rings. The second-order valence-electron chi connectivity index (χ2n) is 5.50. The van der Waals surface area contributed by atoms with Crippen molar-refractivity contribution < 1.29 is 19.1 Å². The molecule has 2 rings (SSSR count). The quantitative estimate of drug-likeness (QED) is 0.858. The summed E-state index contributed by atoms with van der Waals surface area (Å²) in [6, 6.07) is 3.11. The van der Waals surface area contributed by atoms with Crippen molar-refractivity contribution in [3.05, 3.63) is 27.7 Å². The summed E-state index contributed by atoms with van der Waals surface area (Å²) in [5.74, 6) is -0.114. The molecule has 0 unspecified atom stereocenters. The fourth-order valence-corrected chi connectivity index (χ4v) is 3.16. The van der Waals surface area contributed by atoms with Gasteiger partial charge < -0.3 is 19.7 Å². The third-order valence-electron chi connectivity index (χ3n) is 3.94. The Hall–Kier alpha value is -1.50.